The van der Waals surface area contributed by atoms with E-state index in [1.807, 2.05) is 6.33 Å². The Bertz CT molecular complexity index is 979. The van der Waals surface area contributed by atoms with E-state index in [2.05, 4.69) is 59.1 Å². The third-order valence-electron chi connectivity index (χ3n) is 9.52. The highest BCUT2D eigenvalue weighted by atomic mass is 15.2. The fourth-order valence-corrected chi connectivity index (χ4v) is 7.01. The van der Waals surface area contributed by atoms with Crippen molar-refractivity contribution < 1.29 is 0 Å². The molecule has 0 spiro atoms. The van der Waals surface area contributed by atoms with E-state index >= 15 is 0 Å². The summed E-state index contributed by atoms with van der Waals surface area (Å²) < 4.78 is 2.22. The molecule has 1 N–H and O–H groups in total. The van der Waals surface area contributed by atoms with E-state index < -0.39 is 0 Å². The lowest BCUT2D eigenvalue weighted by atomic mass is 9.46. The van der Waals surface area contributed by atoms with Gasteiger partial charge < -0.3 is 9.88 Å². The van der Waals surface area contributed by atoms with E-state index in [0.29, 0.717) is 10.8 Å². The molecular formula is C25H37N5. The summed E-state index contributed by atoms with van der Waals surface area (Å²) in [6, 6.07) is 0. The number of nitrogens with zero attached hydrogens (tertiary/aromatic N) is 4. The number of hydrogen-bond acceptors (Lipinski definition) is 4. The van der Waals surface area contributed by atoms with Gasteiger partial charge in [-0.2, -0.15) is 0 Å². The second-order valence-corrected chi connectivity index (χ2v) is 11.2. The fourth-order valence-electron chi connectivity index (χ4n) is 7.01. The Labute approximate surface area is 180 Å². The topological polar surface area (TPSA) is 55.6 Å². The predicted molar refractivity (Wildman–Crippen MR) is 122 cm³/mol. The van der Waals surface area contributed by atoms with Crippen molar-refractivity contribution in [3.8, 4) is 0 Å². The first-order valence-corrected chi connectivity index (χ1v) is 11.9. The lowest BCUT2D eigenvalue weighted by Crippen LogP contribution is -2.51. The third kappa shape index (κ3) is 2.91. The Morgan fingerprint density at radius 3 is 2.80 bits per heavy atom. The van der Waals surface area contributed by atoms with Crippen LogP contribution >= 0.6 is 0 Å². The number of allylic oxidation sites excluding steroid dienone is 1. The van der Waals surface area contributed by atoms with Gasteiger partial charge in [0.15, 0.2) is 11.5 Å². The molecule has 0 unspecified atom stereocenters. The lowest BCUT2D eigenvalue weighted by Gasteiger charge is -2.59. The molecule has 5 nitrogen and oxygen atoms in total. The summed E-state index contributed by atoms with van der Waals surface area (Å²) in [6.07, 6.45) is 13.6. The Kier molecular flexibility index (Phi) is 4.53. The molecule has 2 aliphatic carbocycles. The number of anilines is 1. The van der Waals surface area contributed by atoms with E-state index in [-0.39, 0.29) is 5.54 Å². The van der Waals surface area contributed by atoms with Gasteiger partial charge in [-0.25, -0.2) is 15.0 Å². The monoisotopic (exact) mass is 407 g/mol. The first kappa shape index (κ1) is 20.0. The van der Waals surface area contributed by atoms with Crippen LogP contribution in [0.3, 0.4) is 0 Å². The maximum Gasteiger partial charge on any atom is 0.182 e. The van der Waals surface area contributed by atoms with Gasteiger partial charge in [0.25, 0.3) is 0 Å². The number of aryl methyl sites for hydroxylation is 1. The normalized spacial score (nSPS) is 38.7. The van der Waals surface area contributed by atoms with Crippen LogP contribution in [0.5, 0.6) is 0 Å². The van der Waals surface area contributed by atoms with Crippen molar-refractivity contribution in [3.05, 3.63) is 24.8 Å². The molecule has 0 saturated heterocycles. The first-order valence-electron chi connectivity index (χ1n) is 11.9. The fraction of sp³-hybridized carbons (Fsp3) is 0.720. The van der Waals surface area contributed by atoms with Gasteiger partial charge in [-0.3, -0.25) is 0 Å². The average Bonchev–Trinajstić information content (AvgIpc) is 3.08. The molecule has 0 bridgehead atoms. The zero-order valence-corrected chi connectivity index (χ0v) is 19.2. The summed E-state index contributed by atoms with van der Waals surface area (Å²) in [4.78, 5) is 13.4. The molecule has 1 aliphatic heterocycles. The van der Waals surface area contributed by atoms with Crippen molar-refractivity contribution in [1.82, 2.24) is 19.5 Å². The van der Waals surface area contributed by atoms with Gasteiger partial charge in [0.2, 0.25) is 0 Å². The van der Waals surface area contributed by atoms with Crippen molar-refractivity contribution in [2.45, 2.75) is 91.1 Å². The van der Waals surface area contributed by atoms with Crippen LogP contribution < -0.4 is 5.32 Å². The van der Waals surface area contributed by atoms with Gasteiger partial charge in [0.05, 0.1) is 6.33 Å². The molecule has 3 aliphatic rings. The predicted octanol–water partition coefficient (Wildman–Crippen LogP) is 5.98. The highest BCUT2D eigenvalue weighted by Gasteiger charge is 2.54. The second kappa shape index (κ2) is 6.80. The number of aromatic nitrogens is 4. The number of rotatable bonds is 3. The van der Waals surface area contributed by atoms with Crippen LogP contribution in [0.2, 0.25) is 0 Å². The Balaban J connectivity index is 1.40. The van der Waals surface area contributed by atoms with Gasteiger partial charge >= 0.3 is 0 Å². The molecule has 5 atom stereocenters. The summed E-state index contributed by atoms with van der Waals surface area (Å²) in [6.45, 7) is 15.5. The van der Waals surface area contributed by atoms with Gasteiger partial charge in [-0.05, 0) is 81.0 Å². The first-order chi connectivity index (χ1) is 14.3. The van der Waals surface area contributed by atoms with E-state index in [4.69, 9.17) is 0 Å². The second-order valence-electron chi connectivity index (χ2n) is 11.2. The van der Waals surface area contributed by atoms with E-state index in [1.54, 1.807) is 6.33 Å². The van der Waals surface area contributed by atoms with Gasteiger partial charge in [0.1, 0.15) is 11.8 Å². The van der Waals surface area contributed by atoms with Crippen molar-refractivity contribution in [1.29, 1.82) is 0 Å². The number of imidazole rings is 1. The summed E-state index contributed by atoms with van der Waals surface area (Å²) in [5.74, 6) is 2.46. The molecule has 0 aromatic carbocycles. The summed E-state index contributed by atoms with van der Waals surface area (Å²) in [7, 11) is 0. The van der Waals surface area contributed by atoms with Crippen LogP contribution in [0.15, 0.2) is 24.8 Å². The number of hydrogen-bond donors (Lipinski definition) is 1. The highest BCUT2D eigenvalue weighted by Crippen LogP contribution is 2.63. The number of nitrogens with one attached hydrogen (secondary N) is 1. The zero-order valence-electron chi connectivity index (χ0n) is 19.2. The molecule has 2 saturated carbocycles. The van der Waals surface area contributed by atoms with Crippen LogP contribution in [0, 0.1) is 22.7 Å². The summed E-state index contributed by atoms with van der Waals surface area (Å²) in [5, 5.41) is 3.82. The molecule has 0 radical (unpaired) electrons. The Morgan fingerprint density at radius 1 is 1.13 bits per heavy atom. The minimum atomic E-state index is 0.0303. The summed E-state index contributed by atoms with van der Waals surface area (Å²) in [5.41, 5.74) is 4.09. The molecule has 2 aromatic rings. The SMILES string of the molecule is C=C1CCC[C@H]2[C@](C)(CC[C@@]3(C)CCn4cnc5ncnc(c54)N3)[C@@H](C)CC[C@]12C. The van der Waals surface area contributed by atoms with Crippen LogP contribution in [-0.4, -0.2) is 25.1 Å². The van der Waals surface area contributed by atoms with Crippen LogP contribution in [0.25, 0.3) is 11.2 Å². The maximum absolute atomic E-state index is 4.58. The smallest absolute Gasteiger partial charge is 0.182 e. The van der Waals surface area contributed by atoms with Gasteiger partial charge in [-0.1, -0.05) is 32.9 Å². The third-order valence-corrected chi connectivity index (χ3v) is 9.52. The van der Waals surface area contributed by atoms with Crippen LogP contribution in [0.1, 0.15) is 79.1 Å². The van der Waals surface area contributed by atoms with E-state index in [1.165, 1.54) is 44.1 Å². The maximum atomic E-state index is 4.58. The molecule has 162 valence electrons. The Morgan fingerprint density at radius 2 is 1.97 bits per heavy atom. The van der Waals surface area contributed by atoms with Crippen molar-refractivity contribution in [3.63, 3.8) is 0 Å². The molecule has 5 rings (SSSR count). The van der Waals surface area contributed by atoms with Crippen molar-refractivity contribution in [2.24, 2.45) is 22.7 Å². The van der Waals surface area contributed by atoms with Crippen molar-refractivity contribution in [2.75, 3.05) is 5.32 Å². The average molecular weight is 408 g/mol. The van der Waals surface area contributed by atoms with Gasteiger partial charge in [0, 0.05) is 12.1 Å². The standard InChI is InChI=1S/C25H37N5/c1-17-7-6-8-19-24(17,4)10-9-18(2)25(19,5)12-11-23(3)13-14-30-16-28-21-20(30)22(29-23)27-15-26-21/h15-16,18-19H,1,6-14H2,2-5H3,(H,26,27,29)/t18-,19+,23-,24+,25+/m0/s1. The quantitative estimate of drug-likeness (QED) is 0.636. The molecule has 30 heavy (non-hydrogen) atoms. The zero-order chi connectivity index (χ0) is 21.1. The minimum absolute atomic E-state index is 0.0303. The molecule has 3 heterocycles. The van der Waals surface area contributed by atoms with Crippen LogP contribution in [0.4, 0.5) is 5.82 Å². The largest absolute Gasteiger partial charge is 0.363 e. The minimum Gasteiger partial charge on any atom is -0.363 e. The lowest BCUT2D eigenvalue weighted by molar-refractivity contribution is -0.0579. The molecule has 2 aromatic heterocycles. The molecule has 2 fully saturated rings. The summed E-state index contributed by atoms with van der Waals surface area (Å²) >= 11 is 0. The van der Waals surface area contributed by atoms with Crippen LogP contribution in [-0.2, 0) is 6.54 Å². The highest BCUT2D eigenvalue weighted by molar-refractivity contribution is 5.83. The molecule has 5 heteroatoms. The van der Waals surface area contributed by atoms with Gasteiger partial charge in [-0.15, -0.1) is 0 Å². The van der Waals surface area contributed by atoms with E-state index in [9.17, 15) is 0 Å². The van der Waals surface area contributed by atoms with Crippen molar-refractivity contribution >= 4 is 17.0 Å². The number of fused-ring (bicyclic) bond motifs is 1. The Hall–Kier alpha value is -1.91. The van der Waals surface area contributed by atoms with E-state index in [0.717, 1.165) is 48.2 Å². The molecular weight excluding hydrogens is 370 g/mol. The molecule has 0 amide bonds.